The number of halogens is 6. The van der Waals surface area contributed by atoms with Crippen molar-refractivity contribution in [2.45, 2.75) is 38.4 Å². The Labute approximate surface area is 216 Å². The Bertz CT molecular complexity index is 1480. The van der Waals surface area contributed by atoms with E-state index in [1.165, 1.54) is 54.1 Å². The number of benzene rings is 2. The van der Waals surface area contributed by atoms with Crippen LogP contribution < -0.4 is 5.69 Å². The Morgan fingerprint density at radius 1 is 1.05 bits per heavy atom. The van der Waals surface area contributed by atoms with Gasteiger partial charge >= 0.3 is 11.9 Å². The molecular formula is C23H19Cl2F4N5O3. The highest BCUT2D eigenvalue weighted by atomic mass is 35.5. The lowest BCUT2D eigenvalue weighted by molar-refractivity contribution is -0.207. The SMILES string of the molecule is CC(O)c1nc(Cn2c(Cl)c(-c3ccc(Cl)cc3)n(CC(O)C(F)(F)F)c2=O)n(-c2cccc(F)c2)n1. The molecule has 0 aliphatic heterocycles. The fourth-order valence-corrected chi connectivity index (χ4v) is 4.10. The van der Waals surface area contributed by atoms with E-state index in [2.05, 4.69) is 10.1 Å². The van der Waals surface area contributed by atoms with E-state index in [1.54, 1.807) is 0 Å². The van der Waals surface area contributed by atoms with E-state index in [9.17, 15) is 32.6 Å². The lowest BCUT2D eigenvalue weighted by Gasteiger charge is -2.16. The van der Waals surface area contributed by atoms with Gasteiger partial charge in [0, 0.05) is 10.6 Å². The van der Waals surface area contributed by atoms with Crippen LogP contribution >= 0.6 is 23.2 Å². The Hall–Kier alpha value is -3.19. The molecule has 2 aromatic carbocycles. The van der Waals surface area contributed by atoms with Crippen molar-refractivity contribution in [2.75, 3.05) is 0 Å². The molecule has 0 saturated heterocycles. The first-order chi connectivity index (χ1) is 17.4. The van der Waals surface area contributed by atoms with Gasteiger partial charge in [0.2, 0.25) is 0 Å². The van der Waals surface area contributed by atoms with Crippen LogP contribution in [-0.2, 0) is 13.1 Å². The number of nitrogens with zero attached hydrogens (tertiary/aromatic N) is 5. The molecule has 0 aliphatic rings. The zero-order valence-corrected chi connectivity index (χ0v) is 20.5. The Kier molecular flexibility index (Phi) is 7.47. The first kappa shape index (κ1) is 26.9. The van der Waals surface area contributed by atoms with Crippen molar-refractivity contribution in [3.63, 3.8) is 0 Å². The van der Waals surface area contributed by atoms with Gasteiger partial charge in [-0.1, -0.05) is 41.4 Å². The standard InChI is InChI=1S/C23H19Cl2F4N5O3/c1-12(35)21-30-18(34(31-21)16-4-2-3-15(26)9-16)11-33-20(25)19(13-5-7-14(24)8-6-13)32(22(33)37)10-17(36)23(27,28)29/h2-9,12,17,35-36H,10-11H2,1H3. The smallest absolute Gasteiger partial charge is 0.385 e. The van der Waals surface area contributed by atoms with Gasteiger partial charge in [-0.2, -0.15) is 13.2 Å². The summed E-state index contributed by atoms with van der Waals surface area (Å²) in [4.78, 5) is 17.6. The molecular weight excluding hydrogens is 541 g/mol. The molecule has 37 heavy (non-hydrogen) atoms. The molecule has 0 bridgehead atoms. The van der Waals surface area contributed by atoms with Gasteiger partial charge in [-0.05, 0) is 37.3 Å². The molecule has 4 aromatic rings. The molecule has 14 heteroatoms. The van der Waals surface area contributed by atoms with E-state index in [0.717, 1.165) is 10.6 Å². The third-order valence-corrected chi connectivity index (χ3v) is 6.07. The molecule has 2 atom stereocenters. The molecule has 0 radical (unpaired) electrons. The third kappa shape index (κ3) is 5.57. The largest absolute Gasteiger partial charge is 0.416 e. The van der Waals surface area contributed by atoms with Gasteiger partial charge in [0.05, 0.1) is 24.5 Å². The molecule has 0 spiro atoms. The molecule has 0 amide bonds. The van der Waals surface area contributed by atoms with Crippen LogP contribution in [0.3, 0.4) is 0 Å². The lowest BCUT2D eigenvalue weighted by Crippen LogP contribution is -2.37. The maximum Gasteiger partial charge on any atom is 0.416 e. The summed E-state index contributed by atoms with van der Waals surface area (Å²) in [6.07, 6.45) is -8.95. The normalized spacial score (nSPS) is 13.6. The number of aliphatic hydroxyl groups is 2. The van der Waals surface area contributed by atoms with Crippen molar-refractivity contribution >= 4 is 23.2 Å². The van der Waals surface area contributed by atoms with Gasteiger partial charge in [-0.15, -0.1) is 5.10 Å². The average molecular weight is 560 g/mol. The zero-order chi connectivity index (χ0) is 27.1. The molecule has 2 N–H and O–H groups in total. The first-order valence-corrected chi connectivity index (χ1v) is 11.5. The fraction of sp³-hybridized carbons (Fsp3) is 0.261. The quantitative estimate of drug-likeness (QED) is 0.328. The second-order valence-electron chi connectivity index (χ2n) is 8.14. The molecule has 0 saturated carbocycles. The minimum Gasteiger partial charge on any atom is -0.385 e. The maximum atomic E-state index is 13.9. The summed E-state index contributed by atoms with van der Waals surface area (Å²) in [5, 5.41) is 24.0. The fourth-order valence-electron chi connectivity index (χ4n) is 3.63. The van der Waals surface area contributed by atoms with Crippen LogP contribution in [0, 0.1) is 5.82 Å². The highest BCUT2D eigenvalue weighted by Gasteiger charge is 2.39. The van der Waals surface area contributed by atoms with Crippen LogP contribution in [0.5, 0.6) is 0 Å². The molecule has 196 valence electrons. The van der Waals surface area contributed by atoms with Gasteiger partial charge < -0.3 is 10.2 Å². The van der Waals surface area contributed by atoms with Crippen molar-refractivity contribution in [3.05, 3.63) is 86.7 Å². The van der Waals surface area contributed by atoms with Crippen molar-refractivity contribution in [1.82, 2.24) is 23.9 Å². The van der Waals surface area contributed by atoms with Crippen LogP contribution in [0.4, 0.5) is 17.6 Å². The maximum absolute atomic E-state index is 13.9. The summed E-state index contributed by atoms with van der Waals surface area (Å²) in [5.41, 5.74) is -0.552. The van der Waals surface area contributed by atoms with Gasteiger partial charge in [-0.25, -0.2) is 18.9 Å². The van der Waals surface area contributed by atoms with E-state index in [-0.39, 0.29) is 33.7 Å². The first-order valence-electron chi connectivity index (χ1n) is 10.8. The van der Waals surface area contributed by atoms with Crippen LogP contribution in [0.15, 0.2) is 53.3 Å². The zero-order valence-electron chi connectivity index (χ0n) is 19.0. The predicted molar refractivity (Wildman–Crippen MR) is 127 cm³/mol. The van der Waals surface area contributed by atoms with Crippen LogP contribution in [0.1, 0.15) is 24.7 Å². The highest BCUT2D eigenvalue weighted by molar-refractivity contribution is 6.32. The van der Waals surface area contributed by atoms with Gasteiger partial charge in [0.25, 0.3) is 0 Å². The number of aliphatic hydroxyl groups excluding tert-OH is 2. The lowest BCUT2D eigenvalue weighted by atomic mass is 10.1. The molecule has 2 unspecified atom stereocenters. The number of imidazole rings is 1. The molecule has 0 fully saturated rings. The van der Waals surface area contributed by atoms with Crippen molar-refractivity contribution in [1.29, 1.82) is 0 Å². The third-order valence-electron chi connectivity index (χ3n) is 5.43. The monoisotopic (exact) mass is 559 g/mol. The van der Waals surface area contributed by atoms with E-state index in [4.69, 9.17) is 23.2 Å². The number of hydrogen-bond acceptors (Lipinski definition) is 5. The summed E-state index contributed by atoms with van der Waals surface area (Å²) >= 11 is 12.4. The second-order valence-corrected chi connectivity index (χ2v) is 8.93. The number of alkyl halides is 3. The average Bonchev–Trinajstić information content (AvgIpc) is 3.35. The molecule has 2 heterocycles. The molecule has 0 aliphatic carbocycles. The minimum absolute atomic E-state index is 0.0340. The van der Waals surface area contributed by atoms with Gasteiger partial charge in [0.15, 0.2) is 17.8 Å². The van der Waals surface area contributed by atoms with E-state index < -0.39 is 43.0 Å². The number of hydrogen-bond donors (Lipinski definition) is 2. The van der Waals surface area contributed by atoms with Crippen molar-refractivity contribution < 1.29 is 27.8 Å². The number of aromatic nitrogens is 5. The second kappa shape index (κ2) is 10.3. The van der Waals surface area contributed by atoms with Gasteiger partial charge in [0.1, 0.15) is 17.1 Å². The molecule has 8 nitrogen and oxygen atoms in total. The summed E-state index contributed by atoms with van der Waals surface area (Å²) in [5.74, 6) is -0.569. The number of rotatable bonds is 7. The Balaban J connectivity index is 1.87. The summed E-state index contributed by atoms with van der Waals surface area (Å²) in [6.45, 7) is -0.117. The van der Waals surface area contributed by atoms with Crippen molar-refractivity contribution in [3.8, 4) is 16.9 Å². The topological polar surface area (TPSA) is 98.1 Å². The Morgan fingerprint density at radius 3 is 2.32 bits per heavy atom. The van der Waals surface area contributed by atoms with Crippen LogP contribution in [0.25, 0.3) is 16.9 Å². The molecule has 2 aromatic heterocycles. The van der Waals surface area contributed by atoms with Gasteiger partial charge in [-0.3, -0.25) is 9.13 Å². The molecule has 4 rings (SSSR count). The summed E-state index contributed by atoms with van der Waals surface area (Å²) < 4.78 is 56.2. The Morgan fingerprint density at radius 2 is 1.73 bits per heavy atom. The summed E-state index contributed by atoms with van der Waals surface area (Å²) in [6, 6.07) is 11.2. The van der Waals surface area contributed by atoms with E-state index in [1.807, 2.05) is 0 Å². The van der Waals surface area contributed by atoms with Crippen LogP contribution in [-0.4, -0.2) is 46.4 Å². The van der Waals surface area contributed by atoms with Crippen molar-refractivity contribution in [2.24, 2.45) is 0 Å². The predicted octanol–water partition coefficient (Wildman–Crippen LogP) is 4.37. The highest BCUT2D eigenvalue weighted by Crippen LogP contribution is 2.31. The van der Waals surface area contributed by atoms with E-state index >= 15 is 0 Å². The van der Waals surface area contributed by atoms with E-state index in [0.29, 0.717) is 9.59 Å². The summed E-state index contributed by atoms with van der Waals surface area (Å²) in [7, 11) is 0. The van der Waals surface area contributed by atoms with Crippen LogP contribution in [0.2, 0.25) is 10.2 Å². The minimum atomic E-state index is -4.99.